The van der Waals surface area contributed by atoms with Crippen molar-refractivity contribution >= 4 is 23.0 Å². The number of dihydropyridines is 1. The summed E-state index contributed by atoms with van der Waals surface area (Å²) in [7, 11) is 0. The molecule has 0 fully saturated rings. The molecule has 34 heavy (non-hydrogen) atoms. The van der Waals surface area contributed by atoms with Crippen LogP contribution in [-0.2, 0) is 22.7 Å². The Morgan fingerprint density at radius 1 is 1.32 bits per heavy atom. The number of imidazole rings is 1. The van der Waals surface area contributed by atoms with Crippen molar-refractivity contribution in [3.63, 3.8) is 0 Å². The lowest BCUT2D eigenvalue weighted by molar-refractivity contribution is -0.145. The third-order valence-electron chi connectivity index (χ3n) is 5.52. The van der Waals surface area contributed by atoms with E-state index in [2.05, 4.69) is 16.0 Å². The minimum atomic E-state index is -0.779. The zero-order valence-electron chi connectivity index (χ0n) is 19.8. The van der Waals surface area contributed by atoms with E-state index < -0.39 is 12.1 Å². The van der Waals surface area contributed by atoms with Gasteiger partial charge in [0.2, 0.25) is 5.95 Å². The van der Waals surface area contributed by atoms with Crippen LogP contribution in [0, 0.1) is 0 Å². The van der Waals surface area contributed by atoms with Gasteiger partial charge >= 0.3 is 5.97 Å². The molecule has 2 aromatic rings. The zero-order chi connectivity index (χ0) is 24.5. The summed E-state index contributed by atoms with van der Waals surface area (Å²) < 4.78 is 6.84. The van der Waals surface area contributed by atoms with Crippen LogP contribution >= 0.6 is 0 Å². The van der Waals surface area contributed by atoms with Crippen molar-refractivity contribution in [3.05, 3.63) is 47.4 Å². The quantitative estimate of drug-likeness (QED) is 0.189. The number of fused-ring (bicyclic) bond motifs is 1. The number of allylic oxidation sites excluding steroid dienone is 3. The Balaban J connectivity index is 1.59. The molecule has 2 atom stereocenters. The highest BCUT2D eigenvalue weighted by atomic mass is 16.5. The van der Waals surface area contributed by atoms with Crippen LogP contribution in [0.3, 0.4) is 0 Å². The second-order valence-corrected chi connectivity index (χ2v) is 8.31. The molecule has 2 unspecified atom stereocenters. The van der Waals surface area contributed by atoms with Crippen molar-refractivity contribution in [3.8, 4) is 0 Å². The number of nitrogens with zero attached hydrogens (tertiary/aromatic N) is 2. The number of ether oxygens (including phenoxy) is 1. The predicted molar refractivity (Wildman–Crippen MR) is 130 cm³/mol. The highest BCUT2D eigenvalue weighted by Gasteiger charge is 2.21. The normalized spacial score (nSPS) is 16.5. The van der Waals surface area contributed by atoms with Crippen LogP contribution in [0.15, 0.2) is 41.8 Å². The first kappa shape index (κ1) is 25.5. The Hall–Kier alpha value is -3.08. The van der Waals surface area contributed by atoms with E-state index in [9.17, 15) is 20.1 Å². The van der Waals surface area contributed by atoms with E-state index in [0.29, 0.717) is 38.7 Å². The predicted octanol–water partition coefficient (Wildman–Crippen LogP) is 1.55. The average molecular weight is 474 g/mol. The first-order valence-electron chi connectivity index (χ1n) is 11.6. The van der Waals surface area contributed by atoms with Crippen LogP contribution in [0.2, 0.25) is 0 Å². The number of aromatic nitrogens is 2. The molecule has 2 heterocycles. The second kappa shape index (κ2) is 12.4. The fourth-order valence-corrected chi connectivity index (χ4v) is 3.80. The van der Waals surface area contributed by atoms with Gasteiger partial charge in [-0.3, -0.25) is 4.79 Å². The van der Waals surface area contributed by atoms with Gasteiger partial charge in [-0.25, -0.2) is 4.98 Å². The van der Waals surface area contributed by atoms with Gasteiger partial charge < -0.3 is 40.6 Å². The third kappa shape index (κ3) is 6.96. The van der Waals surface area contributed by atoms with Gasteiger partial charge in [0, 0.05) is 18.8 Å². The van der Waals surface area contributed by atoms with Gasteiger partial charge in [-0.1, -0.05) is 6.07 Å². The maximum Gasteiger partial charge on any atom is 0.308 e. The smallest absolute Gasteiger partial charge is 0.308 e. The molecule has 1 aliphatic rings. The van der Waals surface area contributed by atoms with Crippen LogP contribution in [-0.4, -0.2) is 69.2 Å². The summed E-state index contributed by atoms with van der Waals surface area (Å²) in [4.78, 5) is 16.1. The lowest BCUT2D eigenvalue weighted by Gasteiger charge is -2.24. The lowest BCUT2D eigenvalue weighted by atomic mass is 10.1. The number of carbonyl (C=O) groups excluding carboxylic acids is 1. The first-order chi connectivity index (χ1) is 16.4. The van der Waals surface area contributed by atoms with Gasteiger partial charge in [-0.05, 0) is 56.7 Å². The second-order valence-electron chi connectivity index (χ2n) is 8.31. The highest BCUT2D eigenvalue weighted by Crippen LogP contribution is 2.23. The number of aliphatic hydroxyl groups is 3. The third-order valence-corrected chi connectivity index (χ3v) is 5.52. The molecular formula is C24H35N5O5. The monoisotopic (exact) mass is 473 g/mol. The standard InChI is InChI=1S/C24H35N5O5/c1-3-34-23(33)12-18(31)13-25-9-4-10-26-24-28-19-7-6-17(15-30)11-21(19)29(24)14-20-22(32)8-5-16(2)27-20/h5-8,11,18,20,25,27,30-32H,3-4,9-10,12-15H2,1-2H3,(H,26,28). The summed E-state index contributed by atoms with van der Waals surface area (Å²) >= 11 is 0. The van der Waals surface area contributed by atoms with Gasteiger partial charge in [0.25, 0.3) is 0 Å². The van der Waals surface area contributed by atoms with E-state index in [1.54, 1.807) is 13.0 Å². The molecule has 1 aliphatic heterocycles. The molecule has 6 N–H and O–H groups in total. The van der Waals surface area contributed by atoms with E-state index in [0.717, 1.165) is 28.7 Å². The Morgan fingerprint density at radius 2 is 2.15 bits per heavy atom. The largest absolute Gasteiger partial charge is 0.510 e. The van der Waals surface area contributed by atoms with Crippen molar-refractivity contribution in [1.29, 1.82) is 0 Å². The Bertz CT molecular complexity index is 1030. The molecule has 0 radical (unpaired) electrons. The minimum absolute atomic E-state index is 0.0237. The summed E-state index contributed by atoms with van der Waals surface area (Å²) in [6.45, 7) is 5.98. The number of anilines is 1. The maximum absolute atomic E-state index is 11.4. The number of nitrogens with one attached hydrogen (secondary N) is 3. The molecule has 1 aromatic heterocycles. The van der Waals surface area contributed by atoms with Gasteiger partial charge in [0.15, 0.2) is 0 Å². The molecule has 0 saturated carbocycles. The van der Waals surface area contributed by atoms with Gasteiger partial charge in [-0.2, -0.15) is 0 Å². The SMILES string of the molecule is CCOC(=O)CC(O)CNCCCNc1nc2ccc(CO)cc2n1CC1NC(C)=CC=C1O. The molecule has 186 valence electrons. The fraction of sp³-hybridized carbons (Fsp3) is 0.500. The number of esters is 1. The van der Waals surface area contributed by atoms with Gasteiger partial charge in [-0.15, -0.1) is 0 Å². The molecule has 0 saturated heterocycles. The van der Waals surface area contributed by atoms with Gasteiger partial charge in [0.1, 0.15) is 11.8 Å². The molecule has 3 rings (SSSR count). The minimum Gasteiger partial charge on any atom is -0.510 e. The van der Waals surface area contributed by atoms with Crippen molar-refractivity contribution in [1.82, 2.24) is 20.2 Å². The topological polar surface area (TPSA) is 141 Å². The molecule has 1 aromatic carbocycles. The van der Waals surface area contributed by atoms with Crippen molar-refractivity contribution in [2.24, 2.45) is 0 Å². The van der Waals surface area contributed by atoms with Crippen molar-refractivity contribution in [2.45, 2.75) is 52.0 Å². The number of aliphatic hydroxyl groups excluding tert-OH is 3. The first-order valence-corrected chi connectivity index (χ1v) is 11.6. The molecule has 0 amide bonds. The number of hydrogen-bond acceptors (Lipinski definition) is 9. The average Bonchev–Trinajstić information content (AvgIpc) is 3.15. The molecule has 0 aliphatic carbocycles. The van der Waals surface area contributed by atoms with Crippen LogP contribution in [0.1, 0.15) is 32.3 Å². The molecule has 0 spiro atoms. The highest BCUT2D eigenvalue weighted by molar-refractivity contribution is 5.79. The van der Waals surface area contributed by atoms with Crippen LogP contribution in [0.5, 0.6) is 0 Å². The number of benzene rings is 1. The summed E-state index contributed by atoms with van der Waals surface area (Å²) in [6, 6.07) is 5.34. The van der Waals surface area contributed by atoms with Crippen molar-refractivity contribution in [2.75, 3.05) is 31.6 Å². The number of hydrogen-bond donors (Lipinski definition) is 6. The molecule has 0 bridgehead atoms. The Labute approximate surface area is 199 Å². The molecule has 10 heteroatoms. The van der Waals surface area contributed by atoms with E-state index in [1.165, 1.54) is 0 Å². The van der Waals surface area contributed by atoms with Crippen LogP contribution in [0.4, 0.5) is 5.95 Å². The van der Waals surface area contributed by atoms with E-state index in [1.807, 2.05) is 35.8 Å². The fourth-order valence-electron chi connectivity index (χ4n) is 3.80. The maximum atomic E-state index is 11.4. The van der Waals surface area contributed by atoms with Gasteiger partial charge in [0.05, 0.1) is 43.3 Å². The summed E-state index contributed by atoms with van der Waals surface area (Å²) in [5.74, 6) is 0.525. The summed E-state index contributed by atoms with van der Waals surface area (Å²) in [6.07, 6.45) is 3.50. The van der Waals surface area contributed by atoms with Crippen molar-refractivity contribution < 1.29 is 24.9 Å². The van der Waals surface area contributed by atoms with Crippen LogP contribution in [0.25, 0.3) is 11.0 Å². The van der Waals surface area contributed by atoms with Crippen LogP contribution < -0.4 is 16.0 Å². The Kier molecular flexibility index (Phi) is 9.32. The lowest BCUT2D eigenvalue weighted by Crippen LogP contribution is -2.36. The van der Waals surface area contributed by atoms with E-state index in [4.69, 9.17) is 9.72 Å². The summed E-state index contributed by atoms with van der Waals surface area (Å²) in [5, 5.41) is 39.6. The number of rotatable bonds is 13. The zero-order valence-corrected chi connectivity index (χ0v) is 19.8. The molecular weight excluding hydrogens is 438 g/mol. The number of carbonyl (C=O) groups is 1. The Morgan fingerprint density at radius 3 is 2.91 bits per heavy atom. The van der Waals surface area contributed by atoms with E-state index >= 15 is 0 Å². The summed E-state index contributed by atoms with van der Waals surface area (Å²) in [5.41, 5.74) is 3.43. The molecule has 10 nitrogen and oxygen atoms in total. The van der Waals surface area contributed by atoms with E-state index in [-0.39, 0.29) is 24.8 Å².